The number of piperazine rings is 1. The van der Waals surface area contributed by atoms with E-state index in [0.29, 0.717) is 0 Å². The predicted octanol–water partition coefficient (Wildman–Crippen LogP) is -0.998. The normalized spacial score (nSPS) is 20.9. The lowest BCUT2D eigenvalue weighted by Gasteiger charge is -2.34. The molecule has 1 rings (SSSR count). The van der Waals surface area contributed by atoms with Crippen LogP contribution in [0.15, 0.2) is 0 Å². The van der Waals surface area contributed by atoms with E-state index in [1.54, 1.807) is 13.8 Å². The number of hydrogen-bond donors (Lipinski definition) is 2. The topological polar surface area (TPSA) is 61.6 Å². The molecule has 3 N–H and O–H groups in total. The van der Waals surface area contributed by atoms with Gasteiger partial charge in [0.15, 0.2) is 0 Å². The first-order valence-corrected chi connectivity index (χ1v) is 4.93. The number of nitrogens with one attached hydrogen (secondary N) is 1. The molecule has 0 aromatic rings. The molecule has 0 unspecified atom stereocenters. The van der Waals surface area contributed by atoms with Crippen LogP contribution in [0.5, 0.6) is 0 Å². The zero-order valence-corrected chi connectivity index (χ0v) is 9.21. The van der Waals surface area contributed by atoms with Crippen molar-refractivity contribution in [3.63, 3.8) is 0 Å². The zero-order chi connectivity index (χ0) is 10.8. The Labute approximate surface area is 85.2 Å². The zero-order valence-electron chi connectivity index (χ0n) is 9.21. The molecule has 1 aliphatic heterocycles. The monoisotopic (exact) mass is 200 g/mol. The van der Waals surface area contributed by atoms with E-state index in [1.807, 2.05) is 5.01 Å². The van der Waals surface area contributed by atoms with Crippen LogP contribution in [0, 0.1) is 0 Å². The molecule has 0 radical (unpaired) electrons. The van der Waals surface area contributed by atoms with Crippen molar-refractivity contribution in [1.82, 2.24) is 15.3 Å². The lowest BCUT2D eigenvalue weighted by atomic mass is 10.1. The minimum absolute atomic E-state index is 0.123. The molecule has 1 fully saturated rings. The molecule has 5 nitrogen and oxygen atoms in total. The van der Waals surface area contributed by atoms with E-state index in [-0.39, 0.29) is 5.91 Å². The van der Waals surface area contributed by atoms with Crippen molar-refractivity contribution < 1.29 is 4.79 Å². The second-order valence-electron chi connectivity index (χ2n) is 4.45. The maximum Gasteiger partial charge on any atom is 0.253 e. The number of nitrogens with two attached hydrogens (primary N) is 1. The second-order valence-corrected chi connectivity index (χ2v) is 4.45. The molecule has 82 valence electrons. The van der Waals surface area contributed by atoms with Crippen LogP contribution in [0.3, 0.4) is 0 Å². The molecule has 0 saturated carbocycles. The third-order valence-corrected chi connectivity index (χ3v) is 2.35. The lowest BCUT2D eigenvalue weighted by Crippen LogP contribution is -2.58. The average Bonchev–Trinajstić information content (AvgIpc) is 2.07. The van der Waals surface area contributed by atoms with Crippen molar-refractivity contribution in [2.75, 3.05) is 33.2 Å². The predicted molar refractivity (Wildman–Crippen MR) is 55.5 cm³/mol. The van der Waals surface area contributed by atoms with E-state index in [9.17, 15) is 4.79 Å². The highest BCUT2D eigenvalue weighted by molar-refractivity contribution is 5.84. The van der Waals surface area contributed by atoms with Gasteiger partial charge in [0.2, 0.25) is 0 Å². The highest BCUT2D eigenvalue weighted by Crippen LogP contribution is 2.00. The number of nitrogens with zero attached hydrogens (tertiary/aromatic N) is 2. The number of rotatable bonds is 2. The first-order chi connectivity index (χ1) is 6.39. The van der Waals surface area contributed by atoms with Gasteiger partial charge in [0.25, 0.3) is 5.91 Å². The Morgan fingerprint density at radius 2 is 1.79 bits per heavy atom. The van der Waals surface area contributed by atoms with Crippen molar-refractivity contribution in [2.24, 2.45) is 5.73 Å². The average molecular weight is 200 g/mol. The van der Waals surface area contributed by atoms with Gasteiger partial charge in [0, 0.05) is 26.2 Å². The summed E-state index contributed by atoms with van der Waals surface area (Å²) in [7, 11) is 2.08. The van der Waals surface area contributed by atoms with Crippen LogP contribution >= 0.6 is 0 Å². The van der Waals surface area contributed by atoms with Gasteiger partial charge in [0.05, 0.1) is 5.54 Å². The van der Waals surface area contributed by atoms with Gasteiger partial charge >= 0.3 is 0 Å². The number of hydrogen-bond acceptors (Lipinski definition) is 4. The summed E-state index contributed by atoms with van der Waals surface area (Å²) in [5, 5.41) is 1.93. The summed E-state index contributed by atoms with van der Waals surface area (Å²) in [6, 6.07) is 0. The second kappa shape index (κ2) is 4.25. The smallest absolute Gasteiger partial charge is 0.253 e. The van der Waals surface area contributed by atoms with E-state index in [0.717, 1.165) is 26.2 Å². The maximum atomic E-state index is 11.5. The maximum absolute atomic E-state index is 11.5. The summed E-state index contributed by atoms with van der Waals surface area (Å²) in [6.45, 7) is 7.09. The SMILES string of the molecule is CN1CCN(NC(=O)C(C)(C)N)CC1. The van der Waals surface area contributed by atoms with E-state index in [1.165, 1.54) is 0 Å². The van der Waals surface area contributed by atoms with Gasteiger partial charge in [0.1, 0.15) is 0 Å². The van der Waals surface area contributed by atoms with Gasteiger partial charge in [-0.25, -0.2) is 5.01 Å². The van der Waals surface area contributed by atoms with Crippen molar-refractivity contribution in [1.29, 1.82) is 0 Å². The first-order valence-electron chi connectivity index (χ1n) is 4.93. The molecule has 14 heavy (non-hydrogen) atoms. The van der Waals surface area contributed by atoms with Gasteiger partial charge in [-0.05, 0) is 20.9 Å². The summed E-state index contributed by atoms with van der Waals surface area (Å²) >= 11 is 0. The quantitative estimate of drug-likeness (QED) is 0.600. The summed E-state index contributed by atoms with van der Waals surface area (Å²) in [4.78, 5) is 13.8. The molecule has 0 atom stereocenters. The molecule has 0 spiro atoms. The minimum atomic E-state index is -0.802. The number of carbonyl (C=O) groups is 1. The van der Waals surface area contributed by atoms with Gasteiger partial charge < -0.3 is 10.6 Å². The highest BCUT2D eigenvalue weighted by Gasteiger charge is 2.24. The summed E-state index contributed by atoms with van der Waals surface area (Å²) in [5.74, 6) is -0.123. The van der Waals surface area contributed by atoms with E-state index < -0.39 is 5.54 Å². The van der Waals surface area contributed by atoms with Crippen molar-refractivity contribution in [3.05, 3.63) is 0 Å². The van der Waals surface area contributed by atoms with Crippen molar-refractivity contribution >= 4 is 5.91 Å². The molecule has 0 bridgehead atoms. The van der Waals surface area contributed by atoms with Gasteiger partial charge in [-0.1, -0.05) is 0 Å². The minimum Gasteiger partial charge on any atom is -0.318 e. The molecule has 1 heterocycles. The third kappa shape index (κ3) is 3.25. The fourth-order valence-electron chi connectivity index (χ4n) is 1.21. The molecule has 0 aromatic heterocycles. The van der Waals surface area contributed by atoms with Crippen LogP contribution in [-0.4, -0.2) is 54.6 Å². The van der Waals surface area contributed by atoms with Gasteiger partial charge in [-0.3, -0.25) is 10.2 Å². The summed E-state index contributed by atoms with van der Waals surface area (Å²) in [5.41, 5.74) is 7.69. The fraction of sp³-hybridized carbons (Fsp3) is 0.889. The highest BCUT2D eigenvalue weighted by atomic mass is 16.2. The Hall–Kier alpha value is -0.650. The molecule has 5 heteroatoms. The number of likely N-dealkylation sites (N-methyl/N-ethyl adjacent to an activating group) is 1. The third-order valence-electron chi connectivity index (χ3n) is 2.35. The molecule has 1 aliphatic rings. The molecular weight excluding hydrogens is 180 g/mol. The van der Waals surface area contributed by atoms with Crippen LogP contribution in [0.25, 0.3) is 0 Å². The van der Waals surface area contributed by atoms with Crippen LogP contribution < -0.4 is 11.2 Å². The fourth-order valence-corrected chi connectivity index (χ4v) is 1.21. The Kier molecular flexibility index (Phi) is 3.47. The molecule has 0 aromatic carbocycles. The number of amides is 1. The number of carbonyl (C=O) groups excluding carboxylic acids is 1. The van der Waals surface area contributed by atoms with Gasteiger partial charge in [-0.15, -0.1) is 0 Å². The van der Waals surface area contributed by atoms with E-state index in [4.69, 9.17) is 5.73 Å². The van der Waals surface area contributed by atoms with Crippen molar-refractivity contribution in [2.45, 2.75) is 19.4 Å². The Morgan fingerprint density at radius 3 is 2.21 bits per heavy atom. The molecule has 1 saturated heterocycles. The largest absolute Gasteiger partial charge is 0.318 e. The van der Waals surface area contributed by atoms with Crippen LogP contribution in [0.2, 0.25) is 0 Å². The Balaban J connectivity index is 2.35. The summed E-state index contributed by atoms with van der Waals surface area (Å²) < 4.78 is 0. The van der Waals surface area contributed by atoms with Crippen LogP contribution in [0.1, 0.15) is 13.8 Å². The van der Waals surface area contributed by atoms with Gasteiger partial charge in [-0.2, -0.15) is 0 Å². The Morgan fingerprint density at radius 1 is 1.29 bits per heavy atom. The van der Waals surface area contributed by atoms with Crippen molar-refractivity contribution in [3.8, 4) is 0 Å². The van der Waals surface area contributed by atoms with Crippen LogP contribution in [-0.2, 0) is 4.79 Å². The molecule has 0 aliphatic carbocycles. The van der Waals surface area contributed by atoms with Crippen LogP contribution in [0.4, 0.5) is 0 Å². The lowest BCUT2D eigenvalue weighted by molar-refractivity contribution is -0.131. The van der Waals surface area contributed by atoms with E-state index >= 15 is 0 Å². The summed E-state index contributed by atoms with van der Waals surface area (Å²) in [6.07, 6.45) is 0. The number of hydrazine groups is 1. The first kappa shape index (κ1) is 11.4. The Bertz CT molecular complexity index is 203. The molecule has 1 amide bonds. The molecular formula is C9H20N4O. The standard InChI is InChI=1S/C9H20N4O/c1-9(2,10)8(14)11-13-6-4-12(3)5-7-13/h4-7,10H2,1-3H3,(H,11,14). The van der Waals surface area contributed by atoms with E-state index in [2.05, 4.69) is 17.4 Å².